The van der Waals surface area contributed by atoms with Gasteiger partial charge >= 0.3 is 0 Å². The molecule has 2 atom stereocenters. The quantitative estimate of drug-likeness (QED) is 0.441. The zero-order valence-corrected chi connectivity index (χ0v) is 14.5. The number of carbonyl (C=O) groups excluding carboxylic acids is 1. The topological polar surface area (TPSA) is 69.6 Å². The third-order valence-corrected chi connectivity index (χ3v) is 3.71. The first-order valence-electron chi connectivity index (χ1n) is 6.52. The van der Waals surface area contributed by atoms with Crippen LogP contribution >= 0.6 is 22.9 Å². The minimum Gasteiger partial charge on any atom is -0.483 e. The van der Waals surface area contributed by atoms with E-state index >= 15 is 0 Å². The largest absolute Gasteiger partial charge is 0.483 e. The van der Waals surface area contributed by atoms with Gasteiger partial charge < -0.3 is 14.8 Å². The van der Waals surface area contributed by atoms with E-state index in [1.54, 1.807) is 0 Å². The first kappa shape index (κ1) is 21.1. The van der Waals surface area contributed by atoms with E-state index in [0.29, 0.717) is 5.92 Å². The molecule has 0 aromatic rings. The Hall–Kier alpha value is -0.210. The third kappa shape index (κ3) is 14.0. The Balaban J connectivity index is 0. The van der Waals surface area contributed by atoms with Gasteiger partial charge in [-0.25, -0.2) is 0 Å². The van der Waals surface area contributed by atoms with Gasteiger partial charge in [0, 0.05) is 28.9 Å². The van der Waals surface area contributed by atoms with Crippen LogP contribution in [0.15, 0.2) is 0 Å². The monoisotopic (exact) mass is 386 g/mol. The van der Waals surface area contributed by atoms with Gasteiger partial charge in [-0.15, -0.1) is 0 Å². The molecule has 19 heavy (non-hydrogen) atoms. The third-order valence-electron chi connectivity index (χ3n) is 2.91. The van der Waals surface area contributed by atoms with Gasteiger partial charge in [-0.2, -0.15) is 0 Å². The number of carbonyl (C=O) groups is 2. The van der Waals surface area contributed by atoms with Crippen LogP contribution in [0, 0.1) is 5.92 Å². The van der Waals surface area contributed by atoms with E-state index in [2.05, 4.69) is 36.2 Å². The molecule has 0 radical (unpaired) electrons. The Morgan fingerprint density at radius 3 is 2.11 bits per heavy atom. The van der Waals surface area contributed by atoms with Crippen molar-refractivity contribution in [2.45, 2.75) is 52.1 Å². The second-order valence-corrected chi connectivity index (χ2v) is 5.68. The van der Waals surface area contributed by atoms with E-state index in [0.717, 1.165) is 18.7 Å². The molecule has 2 N–H and O–H groups in total. The van der Waals surface area contributed by atoms with E-state index in [1.165, 1.54) is 19.4 Å². The molecular formula is C13H27IN2O3. The first-order chi connectivity index (χ1) is 8.92. The Kier molecular flexibility index (Phi) is 15.8. The maximum atomic E-state index is 10.2. The van der Waals surface area contributed by atoms with Gasteiger partial charge in [0.05, 0.1) is 6.04 Å². The lowest BCUT2D eigenvalue weighted by atomic mass is 10.1. The van der Waals surface area contributed by atoms with Crippen molar-refractivity contribution in [2.24, 2.45) is 5.92 Å². The molecule has 0 amide bonds. The molecule has 114 valence electrons. The minimum atomic E-state index is -0.250. The number of aldehydes is 1. The Morgan fingerprint density at radius 1 is 1.47 bits per heavy atom. The number of hydrogen-bond donors (Lipinski definition) is 2. The van der Waals surface area contributed by atoms with E-state index in [9.17, 15) is 4.79 Å². The van der Waals surface area contributed by atoms with Gasteiger partial charge in [0.1, 0.15) is 6.29 Å². The van der Waals surface area contributed by atoms with Gasteiger partial charge in [0.2, 0.25) is 0 Å². The van der Waals surface area contributed by atoms with Crippen molar-refractivity contribution < 1.29 is 14.7 Å². The molecule has 6 heteroatoms. The van der Waals surface area contributed by atoms with Gasteiger partial charge in [-0.3, -0.25) is 8.32 Å². The zero-order valence-electron chi connectivity index (χ0n) is 12.3. The van der Waals surface area contributed by atoms with Crippen LogP contribution < -0.4 is 3.53 Å². The standard InChI is InChI=1S/C6H12INO.C6H13N.CH2O2/c1-5(2)3-6(4-9)8-7;1-6-4-3-5-7(6)2;2-1-3/h4-6,8H,3H2,1-2H3;6H,3-5H2,1-2H3;1H,(H,2,3). The number of nitrogens with one attached hydrogen (secondary N) is 1. The molecule has 1 aliphatic rings. The summed E-state index contributed by atoms with van der Waals surface area (Å²) in [6.45, 7) is 7.54. The van der Waals surface area contributed by atoms with E-state index in [4.69, 9.17) is 9.90 Å². The highest BCUT2D eigenvalue weighted by atomic mass is 127. The van der Waals surface area contributed by atoms with Crippen LogP contribution in [0.25, 0.3) is 0 Å². The molecule has 1 heterocycles. The van der Waals surface area contributed by atoms with E-state index < -0.39 is 0 Å². The summed E-state index contributed by atoms with van der Waals surface area (Å²) >= 11 is 2.00. The predicted octanol–water partition coefficient (Wildman–Crippen LogP) is 2.34. The van der Waals surface area contributed by atoms with Crippen LogP contribution in [0.5, 0.6) is 0 Å². The number of hydrogen-bond acceptors (Lipinski definition) is 4. The van der Waals surface area contributed by atoms with Crippen molar-refractivity contribution in [1.82, 2.24) is 8.43 Å². The lowest BCUT2D eigenvalue weighted by Crippen LogP contribution is -2.23. The summed E-state index contributed by atoms with van der Waals surface area (Å²) in [4.78, 5) is 21.0. The summed E-state index contributed by atoms with van der Waals surface area (Å²) in [5.41, 5.74) is 0. The molecule has 0 aromatic heterocycles. The summed E-state index contributed by atoms with van der Waals surface area (Å²) in [6, 6.07) is 0.880. The summed E-state index contributed by atoms with van der Waals surface area (Å²) < 4.78 is 2.88. The molecule has 1 fully saturated rings. The molecular weight excluding hydrogens is 359 g/mol. The first-order valence-corrected chi connectivity index (χ1v) is 7.60. The van der Waals surface area contributed by atoms with Gasteiger partial charge in [-0.05, 0) is 45.7 Å². The van der Waals surface area contributed by atoms with Crippen molar-refractivity contribution in [2.75, 3.05) is 13.6 Å². The molecule has 1 rings (SSSR count). The van der Waals surface area contributed by atoms with Gasteiger partial charge in [-0.1, -0.05) is 13.8 Å². The summed E-state index contributed by atoms with van der Waals surface area (Å²) in [7, 11) is 2.19. The Labute approximate surface area is 130 Å². The summed E-state index contributed by atoms with van der Waals surface area (Å²) in [6.07, 6.45) is 4.67. The highest BCUT2D eigenvalue weighted by molar-refractivity contribution is 14.1. The van der Waals surface area contributed by atoms with Crippen LogP contribution in [-0.2, 0) is 9.59 Å². The lowest BCUT2D eigenvalue weighted by Gasteiger charge is -2.12. The van der Waals surface area contributed by atoms with E-state index in [-0.39, 0.29) is 12.5 Å². The normalized spacial score (nSPS) is 19.8. The highest BCUT2D eigenvalue weighted by Crippen LogP contribution is 2.12. The van der Waals surface area contributed by atoms with Gasteiger partial charge in [0.15, 0.2) is 0 Å². The van der Waals surface area contributed by atoms with E-state index in [1.807, 2.05) is 22.9 Å². The minimum absolute atomic E-state index is 0.0330. The number of rotatable bonds is 4. The molecule has 0 saturated carbocycles. The average Bonchev–Trinajstić information content (AvgIpc) is 2.72. The lowest BCUT2D eigenvalue weighted by molar-refractivity contribution is -0.122. The predicted molar refractivity (Wildman–Crippen MR) is 86.5 cm³/mol. The number of nitrogens with zero attached hydrogens (tertiary/aromatic N) is 1. The van der Waals surface area contributed by atoms with Gasteiger partial charge in [0.25, 0.3) is 6.47 Å². The number of carboxylic acid groups (broad SMARTS) is 1. The fraction of sp³-hybridized carbons (Fsp3) is 0.846. The molecule has 0 aliphatic carbocycles. The maximum Gasteiger partial charge on any atom is 0.290 e. The van der Waals surface area contributed by atoms with Crippen LogP contribution in [-0.4, -0.2) is 48.4 Å². The van der Waals surface area contributed by atoms with Crippen LogP contribution in [0.2, 0.25) is 0 Å². The average molecular weight is 386 g/mol. The number of likely N-dealkylation sites (tertiary alicyclic amines) is 1. The fourth-order valence-electron chi connectivity index (χ4n) is 1.71. The zero-order chi connectivity index (χ0) is 15.3. The Morgan fingerprint density at radius 2 is 2.00 bits per heavy atom. The molecule has 1 aliphatic heterocycles. The molecule has 0 bridgehead atoms. The van der Waals surface area contributed by atoms with Crippen molar-refractivity contribution >= 4 is 35.6 Å². The molecule has 5 nitrogen and oxygen atoms in total. The summed E-state index contributed by atoms with van der Waals surface area (Å²) in [5.74, 6) is 0.586. The number of halogens is 1. The fourth-order valence-corrected chi connectivity index (χ4v) is 2.11. The summed E-state index contributed by atoms with van der Waals surface area (Å²) in [5, 5.41) is 6.89. The second-order valence-electron chi connectivity index (χ2n) is 5.06. The van der Waals surface area contributed by atoms with Crippen molar-refractivity contribution in [3.8, 4) is 0 Å². The van der Waals surface area contributed by atoms with Crippen molar-refractivity contribution in [3.05, 3.63) is 0 Å². The van der Waals surface area contributed by atoms with Crippen LogP contribution in [0.3, 0.4) is 0 Å². The highest BCUT2D eigenvalue weighted by Gasteiger charge is 2.14. The SMILES string of the molecule is CC(C)CC(C=O)NI.CC1CCCN1C.O=CO. The van der Waals surface area contributed by atoms with Crippen molar-refractivity contribution in [1.29, 1.82) is 0 Å². The molecule has 1 saturated heterocycles. The Bertz CT molecular complexity index is 220. The molecule has 0 spiro atoms. The molecule has 2 unspecified atom stereocenters. The van der Waals surface area contributed by atoms with Crippen LogP contribution in [0.1, 0.15) is 40.0 Å². The second kappa shape index (κ2) is 14.2. The maximum absolute atomic E-state index is 10.2. The smallest absolute Gasteiger partial charge is 0.290 e. The molecule has 0 aromatic carbocycles. The van der Waals surface area contributed by atoms with Crippen LogP contribution in [0.4, 0.5) is 0 Å². The van der Waals surface area contributed by atoms with Crippen molar-refractivity contribution in [3.63, 3.8) is 0 Å².